The van der Waals surface area contributed by atoms with E-state index in [4.69, 9.17) is 0 Å². The maximum Gasteiger partial charge on any atom is 0.133 e. The second-order valence-electron chi connectivity index (χ2n) is 7.48. The van der Waals surface area contributed by atoms with Crippen LogP contribution in [0.25, 0.3) is 0 Å². The van der Waals surface area contributed by atoms with Crippen LogP contribution in [-0.4, -0.2) is 12.1 Å². The van der Waals surface area contributed by atoms with E-state index in [1.54, 1.807) is 0 Å². The molecule has 0 atom stereocenters. The Balaban J connectivity index is 3.46. The summed E-state index contributed by atoms with van der Waals surface area (Å²) in [7, 11) is 0. The van der Waals surface area contributed by atoms with Gasteiger partial charge < -0.3 is 4.79 Å². The van der Waals surface area contributed by atoms with Gasteiger partial charge in [0.1, 0.15) is 12.1 Å². The summed E-state index contributed by atoms with van der Waals surface area (Å²) in [5.41, 5.74) is 2.78. The average molecular weight is 349 g/mol. The van der Waals surface area contributed by atoms with Crippen molar-refractivity contribution in [1.29, 1.82) is 0 Å². The van der Waals surface area contributed by atoms with E-state index in [0.717, 1.165) is 44.8 Å². The van der Waals surface area contributed by atoms with Gasteiger partial charge in [-0.3, -0.25) is 4.79 Å². The van der Waals surface area contributed by atoms with Gasteiger partial charge in [-0.2, -0.15) is 0 Å². The van der Waals surface area contributed by atoms with Crippen LogP contribution in [0, 0.1) is 0 Å². The molecule has 0 aliphatic carbocycles. The number of ketones is 1. The number of carbonyl (C=O) groups excluding carboxylic acids is 2. The normalized spacial score (nSPS) is 11.4. The highest BCUT2D eigenvalue weighted by molar-refractivity contribution is 5.78. The zero-order chi connectivity index (χ0) is 18.8. The number of allylic oxidation sites excluding steroid dienone is 4. The van der Waals surface area contributed by atoms with Crippen molar-refractivity contribution in [3.05, 3.63) is 23.3 Å². The summed E-state index contributed by atoms with van der Waals surface area (Å²) in [4.78, 5) is 22.1. The van der Waals surface area contributed by atoms with Crippen molar-refractivity contribution < 1.29 is 9.59 Å². The van der Waals surface area contributed by atoms with Crippen LogP contribution >= 0.6 is 0 Å². The Hall–Kier alpha value is -1.18. The molecule has 144 valence electrons. The van der Waals surface area contributed by atoms with Crippen LogP contribution in [0.1, 0.15) is 111 Å². The van der Waals surface area contributed by atoms with Crippen LogP contribution in [0.3, 0.4) is 0 Å². The highest BCUT2D eigenvalue weighted by Gasteiger charge is 2.01. The van der Waals surface area contributed by atoms with Crippen LogP contribution in [0.15, 0.2) is 23.3 Å². The highest BCUT2D eigenvalue weighted by atomic mass is 16.1. The predicted octanol–water partition coefficient (Wildman–Crippen LogP) is 7.13. The molecule has 0 spiro atoms. The second-order valence-corrected chi connectivity index (χ2v) is 7.48. The zero-order valence-electron chi connectivity index (χ0n) is 16.9. The molecular weight excluding hydrogens is 308 g/mol. The van der Waals surface area contributed by atoms with Gasteiger partial charge >= 0.3 is 0 Å². The molecule has 0 amide bonds. The fraction of sp³-hybridized carbons (Fsp3) is 0.739. The average Bonchev–Trinajstić information content (AvgIpc) is 2.56. The molecule has 0 aliphatic rings. The summed E-state index contributed by atoms with van der Waals surface area (Å²) < 4.78 is 0. The van der Waals surface area contributed by atoms with Gasteiger partial charge in [-0.1, -0.05) is 61.8 Å². The van der Waals surface area contributed by atoms with E-state index in [0.29, 0.717) is 18.6 Å². The largest absolute Gasteiger partial charge is 0.303 e. The molecule has 0 aromatic carbocycles. The molecule has 0 fully saturated rings. The Bertz CT molecular complexity index is 400. The van der Waals surface area contributed by atoms with Gasteiger partial charge in [0.2, 0.25) is 0 Å². The Morgan fingerprint density at radius 3 is 1.80 bits per heavy atom. The van der Waals surface area contributed by atoms with Gasteiger partial charge in [-0.25, -0.2) is 0 Å². The molecule has 0 saturated carbocycles. The van der Waals surface area contributed by atoms with Crippen LogP contribution < -0.4 is 0 Å². The number of hydrogen-bond donors (Lipinski definition) is 0. The second kappa shape index (κ2) is 17.6. The van der Waals surface area contributed by atoms with Crippen LogP contribution in [-0.2, 0) is 9.59 Å². The first-order valence-corrected chi connectivity index (χ1v) is 10.3. The number of aldehydes is 1. The van der Waals surface area contributed by atoms with Gasteiger partial charge in [0.15, 0.2) is 0 Å². The smallest absolute Gasteiger partial charge is 0.133 e. The first kappa shape index (κ1) is 23.8. The first-order valence-electron chi connectivity index (χ1n) is 10.3. The molecule has 0 heterocycles. The first-order chi connectivity index (χ1) is 12.1. The van der Waals surface area contributed by atoms with Crippen molar-refractivity contribution in [3.63, 3.8) is 0 Å². The maximum absolute atomic E-state index is 11.9. The SMILES string of the molecule is CC(C)=CCCC(C)=CCCC(=O)CCCCCCCCCCC=O. The van der Waals surface area contributed by atoms with Gasteiger partial charge in [0.05, 0.1) is 0 Å². The highest BCUT2D eigenvalue weighted by Crippen LogP contribution is 2.12. The van der Waals surface area contributed by atoms with Crippen molar-refractivity contribution in [2.24, 2.45) is 0 Å². The van der Waals surface area contributed by atoms with E-state index in [1.807, 2.05) is 0 Å². The Morgan fingerprint density at radius 2 is 1.20 bits per heavy atom. The van der Waals surface area contributed by atoms with E-state index < -0.39 is 0 Å². The van der Waals surface area contributed by atoms with Gasteiger partial charge in [0.25, 0.3) is 0 Å². The lowest BCUT2D eigenvalue weighted by Crippen LogP contribution is -1.97. The van der Waals surface area contributed by atoms with E-state index in [-0.39, 0.29) is 0 Å². The van der Waals surface area contributed by atoms with Crippen molar-refractivity contribution in [2.45, 2.75) is 111 Å². The number of carbonyl (C=O) groups is 2. The molecule has 0 unspecified atom stereocenters. The van der Waals surface area contributed by atoms with Crippen LogP contribution in [0.4, 0.5) is 0 Å². The van der Waals surface area contributed by atoms with Gasteiger partial charge in [-0.15, -0.1) is 0 Å². The van der Waals surface area contributed by atoms with Crippen molar-refractivity contribution >= 4 is 12.1 Å². The third-order valence-corrected chi connectivity index (χ3v) is 4.53. The van der Waals surface area contributed by atoms with E-state index >= 15 is 0 Å². The third-order valence-electron chi connectivity index (χ3n) is 4.53. The van der Waals surface area contributed by atoms with Crippen molar-refractivity contribution in [3.8, 4) is 0 Å². The molecule has 0 aliphatic heterocycles. The quantitative estimate of drug-likeness (QED) is 0.159. The molecule has 0 rings (SSSR count). The molecule has 0 radical (unpaired) electrons. The zero-order valence-corrected chi connectivity index (χ0v) is 16.9. The van der Waals surface area contributed by atoms with Crippen molar-refractivity contribution in [2.75, 3.05) is 0 Å². The standard InChI is InChI=1S/C23H40O2/c1-21(2)15-13-16-22(3)17-14-19-23(25)18-11-9-7-5-4-6-8-10-12-20-24/h15,17,20H,4-14,16,18-19H2,1-3H3. The molecule has 25 heavy (non-hydrogen) atoms. The minimum Gasteiger partial charge on any atom is -0.303 e. The topological polar surface area (TPSA) is 34.1 Å². The number of rotatable bonds is 17. The van der Waals surface area contributed by atoms with E-state index in [2.05, 4.69) is 32.9 Å². The van der Waals surface area contributed by atoms with E-state index in [9.17, 15) is 9.59 Å². The molecule has 0 aromatic heterocycles. The molecule has 0 bridgehead atoms. The number of hydrogen-bond acceptors (Lipinski definition) is 2. The lowest BCUT2D eigenvalue weighted by Gasteiger charge is -2.02. The van der Waals surface area contributed by atoms with Gasteiger partial charge in [0, 0.05) is 19.3 Å². The molecule has 2 heteroatoms. The molecule has 0 N–H and O–H groups in total. The molecule has 0 saturated heterocycles. The summed E-state index contributed by atoms with van der Waals surface area (Å²) in [5, 5.41) is 0. The summed E-state index contributed by atoms with van der Waals surface area (Å²) in [5.74, 6) is 0.419. The van der Waals surface area contributed by atoms with Crippen LogP contribution in [0.5, 0.6) is 0 Å². The lowest BCUT2D eigenvalue weighted by molar-refractivity contribution is -0.119. The number of unbranched alkanes of at least 4 members (excludes halogenated alkanes) is 8. The number of Topliss-reactive ketones (excluding diaryl/α,β-unsaturated/α-hetero) is 1. The summed E-state index contributed by atoms with van der Waals surface area (Å²) in [6, 6.07) is 0. The minimum absolute atomic E-state index is 0.419. The summed E-state index contributed by atoms with van der Waals surface area (Å²) in [6.07, 6.45) is 20.3. The fourth-order valence-corrected chi connectivity index (χ4v) is 2.91. The Labute approximate surface area is 156 Å². The Morgan fingerprint density at radius 1 is 0.640 bits per heavy atom. The maximum atomic E-state index is 11.9. The van der Waals surface area contributed by atoms with Gasteiger partial charge in [-0.05, 0) is 52.9 Å². The third kappa shape index (κ3) is 19.0. The minimum atomic E-state index is 0.419. The Kier molecular flexibility index (Phi) is 16.8. The molecule has 2 nitrogen and oxygen atoms in total. The summed E-state index contributed by atoms with van der Waals surface area (Å²) in [6.45, 7) is 6.43. The summed E-state index contributed by atoms with van der Waals surface area (Å²) >= 11 is 0. The van der Waals surface area contributed by atoms with E-state index in [1.165, 1.54) is 49.7 Å². The fourth-order valence-electron chi connectivity index (χ4n) is 2.91. The van der Waals surface area contributed by atoms with Crippen LogP contribution in [0.2, 0.25) is 0 Å². The lowest BCUT2D eigenvalue weighted by atomic mass is 10.0. The molecule has 0 aromatic rings. The molecular formula is C23H40O2. The predicted molar refractivity (Wildman–Crippen MR) is 109 cm³/mol. The van der Waals surface area contributed by atoms with Crippen molar-refractivity contribution in [1.82, 2.24) is 0 Å². The monoisotopic (exact) mass is 348 g/mol.